The van der Waals surface area contributed by atoms with Crippen LogP contribution in [-0.2, 0) is 17.9 Å². The van der Waals surface area contributed by atoms with E-state index in [2.05, 4.69) is 26.6 Å². The Labute approximate surface area is 195 Å². The molecule has 1 amide bonds. The van der Waals surface area contributed by atoms with Crippen molar-refractivity contribution in [2.45, 2.75) is 27.0 Å². The molecule has 3 rings (SSSR count). The summed E-state index contributed by atoms with van der Waals surface area (Å²) in [6.45, 7) is 4.98. The van der Waals surface area contributed by atoms with E-state index in [-0.39, 0.29) is 5.91 Å². The van der Waals surface area contributed by atoms with Gasteiger partial charge in [-0.25, -0.2) is 0 Å². The number of carbonyl (C=O) groups is 1. The van der Waals surface area contributed by atoms with E-state index in [9.17, 15) is 4.79 Å². The average Bonchev–Trinajstić information content (AvgIpc) is 2.74. The third kappa shape index (κ3) is 6.91. The molecule has 0 aliphatic carbocycles. The molecule has 0 atom stereocenters. The van der Waals surface area contributed by atoms with Gasteiger partial charge in [-0.3, -0.25) is 4.79 Å². The third-order valence-electron chi connectivity index (χ3n) is 4.37. The maximum atomic E-state index is 11.1. The van der Waals surface area contributed by atoms with E-state index in [1.54, 1.807) is 0 Å². The smallest absolute Gasteiger partial charge is 0.221 e. The van der Waals surface area contributed by atoms with Gasteiger partial charge in [0, 0.05) is 29.9 Å². The predicted molar refractivity (Wildman–Crippen MR) is 129 cm³/mol. The highest BCUT2D eigenvalue weighted by molar-refractivity contribution is 9.10. The lowest BCUT2D eigenvalue weighted by Gasteiger charge is -2.16. The van der Waals surface area contributed by atoms with Crippen molar-refractivity contribution in [1.29, 1.82) is 0 Å². The molecule has 162 valence electrons. The first-order valence-corrected chi connectivity index (χ1v) is 11.1. The normalized spacial score (nSPS) is 10.5. The number of halogens is 2. The lowest BCUT2D eigenvalue weighted by Crippen LogP contribution is -2.06. The minimum Gasteiger partial charge on any atom is -0.490 e. The van der Waals surface area contributed by atoms with Gasteiger partial charge in [0.1, 0.15) is 6.61 Å². The van der Waals surface area contributed by atoms with Crippen LogP contribution in [0.2, 0.25) is 5.02 Å². The van der Waals surface area contributed by atoms with Gasteiger partial charge in [-0.1, -0.05) is 23.7 Å². The summed E-state index contributed by atoms with van der Waals surface area (Å²) in [6.07, 6.45) is 0. The number of rotatable bonds is 9. The highest BCUT2D eigenvalue weighted by Gasteiger charge is 2.13. The number of amides is 1. The van der Waals surface area contributed by atoms with Crippen LogP contribution in [0.25, 0.3) is 0 Å². The standard InChI is InChI=1S/C24H24BrClN2O3/c1-3-30-23-13-18(14-27-20-8-10-21(11-9-20)28-16(2)29)12-22(25)24(23)31-15-17-4-6-19(26)7-5-17/h4-13,27H,3,14-15H2,1-2H3,(H,28,29). The van der Waals surface area contributed by atoms with E-state index in [1.807, 2.05) is 67.6 Å². The Bertz CT molecular complexity index is 1020. The second-order valence-electron chi connectivity index (χ2n) is 6.87. The molecule has 0 unspecified atom stereocenters. The summed E-state index contributed by atoms with van der Waals surface area (Å²) in [6, 6.07) is 19.1. The first-order chi connectivity index (χ1) is 14.9. The van der Waals surface area contributed by atoms with Crippen molar-refractivity contribution >= 4 is 44.8 Å². The first-order valence-electron chi connectivity index (χ1n) is 9.88. The van der Waals surface area contributed by atoms with Crippen molar-refractivity contribution in [3.8, 4) is 11.5 Å². The first kappa shape index (κ1) is 23.0. The highest BCUT2D eigenvalue weighted by atomic mass is 79.9. The molecule has 0 radical (unpaired) electrons. The number of benzene rings is 3. The zero-order chi connectivity index (χ0) is 22.2. The zero-order valence-corrected chi connectivity index (χ0v) is 19.7. The molecule has 5 nitrogen and oxygen atoms in total. The molecule has 0 aliphatic heterocycles. The van der Waals surface area contributed by atoms with Crippen LogP contribution in [0.15, 0.2) is 65.1 Å². The lowest BCUT2D eigenvalue weighted by atomic mass is 10.2. The minimum atomic E-state index is -0.0904. The molecule has 0 heterocycles. The molecule has 0 aliphatic rings. The summed E-state index contributed by atoms with van der Waals surface area (Å²) in [7, 11) is 0. The van der Waals surface area contributed by atoms with Gasteiger partial charge in [-0.05, 0) is 82.5 Å². The Kier molecular flexibility index (Phi) is 8.20. The molecular formula is C24H24BrClN2O3. The third-order valence-corrected chi connectivity index (χ3v) is 5.21. The Morgan fingerprint density at radius 2 is 1.65 bits per heavy atom. The molecule has 3 aromatic rings. The zero-order valence-electron chi connectivity index (χ0n) is 17.4. The summed E-state index contributed by atoms with van der Waals surface area (Å²) < 4.78 is 12.7. The van der Waals surface area contributed by atoms with E-state index < -0.39 is 0 Å². The molecule has 0 spiro atoms. The summed E-state index contributed by atoms with van der Waals surface area (Å²) in [5.41, 5.74) is 3.78. The van der Waals surface area contributed by atoms with Crippen LogP contribution in [0.5, 0.6) is 11.5 Å². The molecule has 0 fully saturated rings. The van der Waals surface area contributed by atoms with Gasteiger partial charge in [-0.15, -0.1) is 0 Å². The van der Waals surface area contributed by atoms with E-state index >= 15 is 0 Å². The second kappa shape index (κ2) is 11.1. The summed E-state index contributed by atoms with van der Waals surface area (Å²) >= 11 is 9.57. The van der Waals surface area contributed by atoms with Crippen molar-refractivity contribution in [3.63, 3.8) is 0 Å². The van der Waals surface area contributed by atoms with Crippen LogP contribution in [0, 0.1) is 0 Å². The number of nitrogens with one attached hydrogen (secondary N) is 2. The van der Waals surface area contributed by atoms with E-state index in [0.717, 1.165) is 27.0 Å². The van der Waals surface area contributed by atoms with Crippen LogP contribution < -0.4 is 20.1 Å². The average molecular weight is 504 g/mol. The fourth-order valence-electron chi connectivity index (χ4n) is 2.94. The Morgan fingerprint density at radius 3 is 2.29 bits per heavy atom. The quantitative estimate of drug-likeness (QED) is 0.343. The predicted octanol–water partition coefficient (Wildman–Crippen LogP) is 6.65. The van der Waals surface area contributed by atoms with Gasteiger partial charge in [0.05, 0.1) is 11.1 Å². The number of hydrogen-bond acceptors (Lipinski definition) is 4. The van der Waals surface area contributed by atoms with Crippen LogP contribution in [-0.4, -0.2) is 12.5 Å². The van der Waals surface area contributed by atoms with Crippen molar-refractivity contribution in [2.24, 2.45) is 0 Å². The van der Waals surface area contributed by atoms with E-state index in [4.69, 9.17) is 21.1 Å². The molecule has 2 N–H and O–H groups in total. The van der Waals surface area contributed by atoms with Gasteiger partial charge in [0.25, 0.3) is 0 Å². The number of hydrogen-bond donors (Lipinski definition) is 2. The minimum absolute atomic E-state index is 0.0904. The maximum absolute atomic E-state index is 11.1. The molecule has 0 bridgehead atoms. The number of ether oxygens (including phenoxy) is 2. The topological polar surface area (TPSA) is 59.6 Å². The lowest BCUT2D eigenvalue weighted by molar-refractivity contribution is -0.114. The van der Waals surface area contributed by atoms with Crippen LogP contribution in [0.4, 0.5) is 11.4 Å². The van der Waals surface area contributed by atoms with Crippen molar-refractivity contribution < 1.29 is 14.3 Å². The fraction of sp³-hybridized carbons (Fsp3) is 0.208. The Hall–Kier alpha value is -2.70. The van der Waals surface area contributed by atoms with E-state index in [1.165, 1.54) is 6.92 Å². The van der Waals surface area contributed by atoms with Crippen LogP contribution in [0.3, 0.4) is 0 Å². The highest BCUT2D eigenvalue weighted by Crippen LogP contribution is 2.37. The second-order valence-corrected chi connectivity index (χ2v) is 8.16. The van der Waals surface area contributed by atoms with Gasteiger partial charge >= 0.3 is 0 Å². The molecule has 3 aromatic carbocycles. The monoisotopic (exact) mass is 502 g/mol. The van der Waals surface area contributed by atoms with E-state index in [0.29, 0.717) is 36.3 Å². The van der Waals surface area contributed by atoms with Gasteiger partial charge in [0.15, 0.2) is 11.5 Å². The molecule has 0 saturated heterocycles. The maximum Gasteiger partial charge on any atom is 0.221 e. The van der Waals surface area contributed by atoms with Crippen molar-refractivity contribution in [3.05, 3.63) is 81.3 Å². The van der Waals surface area contributed by atoms with Crippen molar-refractivity contribution in [1.82, 2.24) is 0 Å². The summed E-state index contributed by atoms with van der Waals surface area (Å²) in [4.78, 5) is 11.1. The largest absolute Gasteiger partial charge is 0.490 e. The van der Waals surface area contributed by atoms with Gasteiger partial charge in [-0.2, -0.15) is 0 Å². The van der Waals surface area contributed by atoms with Gasteiger partial charge < -0.3 is 20.1 Å². The fourth-order valence-corrected chi connectivity index (χ4v) is 3.67. The molecule has 0 saturated carbocycles. The molecule has 31 heavy (non-hydrogen) atoms. The molecule has 0 aromatic heterocycles. The number of anilines is 2. The van der Waals surface area contributed by atoms with Crippen LogP contribution in [0.1, 0.15) is 25.0 Å². The SMILES string of the molecule is CCOc1cc(CNc2ccc(NC(C)=O)cc2)cc(Br)c1OCc1ccc(Cl)cc1. The molecular weight excluding hydrogens is 480 g/mol. The van der Waals surface area contributed by atoms with Crippen molar-refractivity contribution in [2.75, 3.05) is 17.2 Å². The molecule has 7 heteroatoms. The summed E-state index contributed by atoms with van der Waals surface area (Å²) in [5, 5.41) is 6.83. The Balaban J connectivity index is 1.68. The summed E-state index contributed by atoms with van der Waals surface area (Å²) in [5.74, 6) is 1.26. The number of carbonyl (C=O) groups excluding carboxylic acids is 1. The Morgan fingerprint density at radius 1 is 0.968 bits per heavy atom. The van der Waals surface area contributed by atoms with Crippen LogP contribution >= 0.6 is 27.5 Å². The van der Waals surface area contributed by atoms with Gasteiger partial charge in [0.2, 0.25) is 5.91 Å².